The Hall–Kier alpha value is -3.17. The molecule has 122 valence electrons. The summed E-state index contributed by atoms with van der Waals surface area (Å²) < 4.78 is 4.86. The minimum absolute atomic E-state index is 0.217. The first-order valence-electron chi connectivity index (χ1n) is 7.33. The number of methoxy groups -OCH3 is 1. The number of hydrogen-bond acceptors (Lipinski definition) is 4. The highest BCUT2D eigenvalue weighted by molar-refractivity contribution is 6.05. The molecule has 0 unspecified atom stereocenters. The van der Waals surface area contributed by atoms with E-state index in [0.717, 1.165) is 0 Å². The normalized spacial score (nSPS) is 9.83. The average molecular weight is 323 g/mol. The van der Waals surface area contributed by atoms with Crippen LogP contribution in [0.25, 0.3) is 0 Å². The highest BCUT2D eigenvalue weighted by Gasteiger charge is 2.09. The van der Waals surface area contributed by atoms with Gasteiger partial charge in [-0.3, -0.25) is 9.59 Å². The van der Waals surface area contributed by atoms with E-state index in [9.17, 15) is 9.59 Å². The Morgan fingerprint density at radius 1 is 1.00 bits per heavy atom. The zero-order valence-corrected chi connectivity index (χ0v) is 13.2. The maximum absolute atomic E-state index is 12.2. The smallest absolute Gasteiger partial charge is 0.255 e. The van der Waals surface area contributed by atoms with E-state index in [1.807, 2.05) is 6.07 Å². The summed E-state index contributed by atoms with van der Waals surface area (Å²) in [5, 5.41) is 14.2. The zero-order valence-electron chi connectivity index (χ0n) is 13.2. The van der Waals surface area contributed by atoms with E-state index < -0.39 is 0 Å². The van der Waals surface area contributed by atoms with Crippen LogP contribution in [0.15, 0.2) is 48.5 Å². The van der Waals surface area contributed by atoms with E-state index >= 15 is 0 Å². The summed E-state index contributed by atoms with van der Waals surface area (Å²) >= 11 is 0. The third kappa shape index (κ3) is 4.66. The standard InChI is InChI=1S/C18H17N3O3/c1-24-11-10-20-17(22)14-4-6-15(7-5-14)18(23)21-16-8-2-13(12-19)3-9-16/h2-9H,10-11H2,1H3,(H,20,22)(H,21,23). The van der Waals surface area contributed by atoms with Crippen LogP contribution >= 0.6 is 0 Å². The van der Waals surface area contributed by atoms with Gasteiger partial charge in [-0.25, -0.2) is 0 Å². The van der Waals surface area contributed by atoms with Crippen LogP contribution in [0.5, 0.6) is 0 Å². The molecule has 2 amide bonds. The number of nitrogens with one attached hydrogen (secondary N) is 2. The molecule has 0 heterocycles. The second-order valence-corrected chi connectivity index (χ2v) is 4.97. The van der Waals surface area contributed by atoms with Gasteiger partial charge in [0.2, 0.25) is 0 Å². The van der Waals surface area contributed by atoms with Gasteiger partial charge in [0.1, 0.15) is 0 Å². The Kier molecular flexibility index (Phi) is 6.06. The molecule has 0 fully saturated rings. The van der Waals surface area contributed by atoms with Crippen molar-refractivity contribution < 1.29 is 14.3 Å². The van der Waals surface area contributed by atoms with Gasteiger partial charge in [0.15, 0.2) is 0 Å². The van der Waals surface area contributed by atoms with Gasteiger partial charge in [-0.05, 0) is 48.5 Å². The molecule has 24 heavy (non-hydrogen) atoms. The van der Waals surface area contributed by atoms with Gasteiger partial charge in [-0.2, -0.15) is 5.26 Å². The summed E-state index contributed by atoms with van der Waals surface area (Å²) in [6, 6.07) is 15.0. The monoisotopic (exact) mass is 323 g/mol. The summed E-state index contributed by atoms with van der Waals surface area (Å²) in [5.41, 5.74) is 2.03. The van der Waals surface area contributed by atoms with Crippen LogP contribution in [0.3, 0.4) is 0 Å². The Balaban J connectivity index is 1.97. The summed E-state index contributed by atoms with van der Waals surface area (Å²) in [5.74, 6) is -0.503. The van der Waals surface area contributed by atoms with Gasteiger partial charge in [-0.1, -0.05) is 0 Å². The highest BCUT2D eigenvalue weighted by Crippen LogP contribution is 2.12. The molecular weight excluding hydrogens is 306 g/mol. The lowest BCUT2D eigenvalue weighted by molar-refractivity contribution is 0.0935. The van der Waals surface area contributed by atoms with E-state index in [4.69, 9.17) is 10.00 Å². The molecule has 0 bridgehead atoms. The Bertz CT molecular complexity index is 747. The summed E-state index contributed by atoms with van der Waals surface area (Å²) in [6.45, 7) is 0.868. The molecule has 6 nitrogen and oxygen atoms in total. The van der Waals surface area contributed by atoms with Gasteiger partial charge in [0.25, 0.3) is 11.8 Å². The predicted octanol–water partition coefficient (Wildman–Crippen LogP) is 2.19. The number of carbonyl (C=O) groups excluding carboxylic acids is 2. The largest absolute Gasteiger partial charge is 0.383 e. The van der Waals surface area contributed by atoms with Gasteiger partial charge >= 0.3 is 0 Å². The molecule has 0 radical (unpaired) electrons. The van der Waals surface area contributed by atoms with Crippen molar-refractivity contribution in [2.75, 3.05) is 25.6 Å². The zero-order chi connectivity index (χ0) is 17.4. The minimum Gasteiger partial charge on any atom is -0.383 e. The molecule has 0 aliphatic carbocycles. The topological polar surface area (TPSA) is 91.2 Å². The molecule has 0 aliphatic rings. The first-order chi connectivity index (χ1) is 11.6. The molecule has 2 aromatic rings. The van der Waals surface area contributed by atoms with E-state index in [2.05, 4.69) is 10.6 Å². The van der Waals surface area contributed by atoms with Crippen molar-refractivity contribution in [3.63, 3.8) is 0 Å². The summed E-state index contributed by atoms with van der Waals surface area (Å²) in [4.78, 5) is 24.0. The third-order valence-corrected chi connectivity index (χ3v) is 3.27. The van der Waals surface area contributed by atoms with E-state index in [1.54, 1.807) is 55.6 Å². The second kappa shape index (κ2) is 8.46. The SMILES string of the molecule is COCCNC(=O)c1ccc(C(=O)Nc2ccc(C#N)cc2)cc1. The second-order valence-electron chi connectivity index (χ2n) is 4.97. The fraction of sp³-hybridized carbons (Fsp3) is 0.167. The van der Waals surface area contributed by atoms with Crippen molar-refractivity contribution in [3.05, 3.63) is 65.2 Å². The summed E-state index contributed by atoms with van der Waals surface area (Å²) in [6.07, 6.45) is 0. The molecule has 2 aromatic carbocycles. The lowest BCUT2D eigenvalue weighted by Crippen LogP contribution is -2.26. The minimum atomic E-state index is -0.286. The van der Waals surface area contributed by atoms with E-state index in [-0.39, 0.29) is 11.8 Å². The molecule has 0 aromatic heterocycles. The number of anilines is 1. The summed E-state index contributed by atoms with van der Waals surface area (Å²) in [7, 11) is 1.56. The number of amides is 2. The van der Waals surface area contributed by atoms with Crippen LogP contribution in [0, 0.1) is 11.3 Å². The maximum Gasteiger partial charge on any atom is 0.255 e. The number of nitrogens with zero attached hydrogens (tertiary/aromatic N) is 1. The van der Waals surface area contributed by atoms with Crippen molar-refractivity contribution in [2.45, 2.75) is 0 Å². The first-order valence-corrected chi connectivity index (χ1v) is 7.33. The molecule has 0 spiro atoms. The van der Waals surface area contributed by atoms with Crippen LogP contribution in [-0.2, 0) is 4.74 Å². The predicted molar refractivity (Wildman–Crippen MR) is 89.8 cm³/mol. The fourth-order valence-electron chi connectivity index (χ4n) is 1.97. The van der Waals surface area contributed by atoms with Gasteiger partial charge < -0.3 is 15.4 Å². The molecule has 2 N–H and O–H groups in total. The lowest BCUT2D eigenvalue weighted by atomic mass is 10.1. The maximum atomic E-state index is 12.2. The number of carbonyl (C=O) groups is 2. The van der Waals surface area contributed by atoms with Crippen molar-refractivity contribution in [1.29, 1.82) is 5.26 Å². The molecule has 0 saturated heterocycles. The Morgan fingerprint density at radius 2 is 1.58 bits per heavy atom. The highest BCUT2D eigenvalue weighted by atomic mass is 16.5. The molecule has 0 atom stereocenters. The van der Waals surface area contributed by atoms with Crippen molar-refractivity contribution in [1.82, 2.24) is 5.32 Å². The number of rotatable bonds is 6. The number of nitriles is 1. The molecule has 2 rings (SSSR count). The van der Waals surface area contributed by atoms with E-state index in [0.29, 0.717) is 35.5 Å². The Morgan fingerprint density at radius 3 is 2.12 bits per heavy atom. The molecular formula is C18H17N3O3. The number of benzene rings is 2. The number of ether oxygens (including phenoxy) is 1. The van der Waals surface area contributed by atoms with Crippen LogP contribution < -0.4 is 10.6 Å². The van der Waals surface area contributed by atoms with Crippen molar-refractivity contribution in [2.24, 2.45) is 0 Å². The molecule has 0 aliphatic heterocycles. The average Bonchev–Trinajstić information content (AvgIpc) is 2.62. The lowest BCUT2D eigenvalue weighted by Gasteiger charge is -2.07. The van der Waals surface area contributed by atoms with Crippen LogP contribution in [0.2, 0.25) is 0 Å². The number of hydrogen-bond donors (Lipinski definition) is 2. The Labute approximate surface area is 140 Å². The van der Waals surface area contributed by atoms with E-state index in [1.165, 1.54) is 0 Å². The first kappa shape index (κ1) is 17.2. The van der Waals surface area contributed by atoms with Gasteiger partial charge in [-0.15, -0.1) is 0 Å². The third-order valence-electron chi connectivity index (χ3n) is 3.27. The van der Waals surface area contributed by atoms with Crippen molar-refractivity contribution >= 4 is 17.5 Å². The molecule has 0 saturated carbocycles. The van der Waals surface area contributed by atoms with Gasteiger partial charge in [0, 0.05) is 30.5 Å². The van der Waals surface area contributed by atoms with Gasteiger partial charge in [0.05, 0.1) is 18.2 Å². The molecule has 6 heteroatoms. The fourth-order valence-corrected chi connectivity index (χ4v) is 1.97. The van der Waals surface area contributed by atoms with Crippen LogP contribution in [0.4, 0.5) is 5.69 Å². The van der Waals surface area contributed by atoms with Crippen molar-refractivity contribution in [3.8, 4) is 6.07 Å². The quantitative estimate of drug-likeness (QED) is 0.797. The van der Waals surface area contributed by atoms with Crippen LogP contribution in [-0.4, -0.2) is 32.1 Å². The van der Waals surface area contributed by atoms with Crippen LogP contribution in [0.1, 0.15) is 26.3 Å².